The second-order valence-electron chi connectivity index (χ2n) is 4.47. The van der Waals surface area contributed by atoms with E-state index in [0.29, 0.717) is 0 Å². The quantitative estimate of drug-likeness (QED) is 0.688. The first-order valence-electron chi connectivity index (χ1n) is 6.14. The lowest BCUT2D eigenvalue weighted by Crippen LogP contribution is -1.99. The molecule has 1 nitrogen and oxygen atoms in total. The molecule has 0 spiro atoms. The number of methoxy groups -OCH3 is 1. The summed E-state index contributed by atoms with van der Waals surface area (Å²) in [5.41, 5.74) is 3.59. The molecule has 0 bridgehead atoms. The van der Waals surface area contributed by atoms with E-state index in [2.05, 4.69) is 41.1 Å². The minimum atomic E-state index is -0.0223. The fourth-order valence-electron chi connectivity index (χ4n) is 2.04. The SMILES string of the molecule is COc1ccc(CC(Cl)c2cccc(Br)c2C)cc1. The molecule has 1 unspecified atom stereocenters. The van der Waals surface area contributed by atoms with Crippen LogP contribution in [0.2, 0.25) is 0 Å². The van der Waals surface area contributed by atoms with Crippen LogP contribution in [-0.2, 0) is 6.42 Å². The van der Waals surface area contributed by atoms with E-state index in [0.717, 1.165) is 16.6 Å². The zero-order chi connectivity index (χ0) is 13.8. The summed E-state index contributed by atoms with van der Waals surface area (Å²) in [6.07, 6.45) is 0.808. The van der Waals surface area contributed by atoms with Crippen LogP contribution < -0.4 is 4.74 Å². The van der Waals surface area contributed by atoms with Crippen molar-refractivity contribution < 1.29 is 4.74 Å². The van der Waals surface area contributed by atoms with Crippen LogP contribution in [0.4, 0.5) is 0 Å². The van der Waals surface area contributed by atoms with Crippen molar-refractivity contribution in [3.8, 4) is 5.75 Å². The highest BCUT2D eigenvalue weighted by atomic mass is 79.9. The van der Waals surface area contributed by atoms with E-state index in [9.17, 15) is 0 Å². The molecule has 0 fully saturated rings. The number of halogens is 2. The van der Waals surface area contributed by atoms with Crippen molar-refractivity contribution in [2.45, 2.75) is 18.7 Å². The summed E-state index contributed by atoms with van der Waals surface area (Å²) >= 11 is 10.1. The van der Waals surface area contributed by atoms with Crippen LogP contribution in [0.1, 0.15) is 22.1 Å². The Bertz CT molecular complexity index is 551. The van der Waals surface area contributed by atoms with E-state index in [1.807, 2.05) is 24.3 Å². The highest BCUT2D eigenvalue weighted by molar-refractivity contribution is 9.10. The predicted octanol–water partition coefficient (Wildman–Crippen LogP) is 5.29. The van der Waals surface area contributed by atoms with Crippen molar-refractivity contribution in [2.24, 2.45) is 0 Å². The molecule has 0 aliphatic rings. The Labute approximate surface area is 127 Å². The highest BCUT2D eigenvalue weighted by Crippen LogP contribution is 2.31. The Morgan fingerprint density at radius 1 is 1.16 bits per heavy atom. The second-order valence-corrected chi connectivity index (χ2v) is 5.85. The molecule has 2 aromatic carbocycles. The summed E-state index contributed by atoms with van der Waals surface area (Å²) in [6, 6.07) is 14.2. The average molecular weight is 340 g/mol. The zero-order valence-electron chi connectivity index (χ0n) is 11.0. The molecule has 1 atom stereocenters. The Morgan fingerprint density at radius 2 is 1.84 bits per heavy atom. The maximum Gasteiger partial charge on any atom is 0.118 e. The third kappa shape index (κ3) is 3.52. The molecule has 0 amide bonds. The lowest BCUT2D eigenvalue weighted by atomic mass is 10.00. The van der Waals surface area contributed by atoms with Gasteiger partial charge in [-0.05, 0) is 48.2 Å². The van der Waals surface area contributed by atoms with Gasteiger partial charge < -0.3 is 4.74 Å². The van der Waals surface area contributed by atoms with Crippen molar-refractivity contribution in [3.63, 3.8) is 0 Å². The molecule has 2 aromatic rings. The first-order valence-corrected chi connectivity index (χ1v) is 7.36. The minimum absolute atomic E-state index is 0.0223. The molecule has 0 heterocycles. The fourth-order valence-corrected chi connectivity index (χ4v) is 2.84. The molecule has 0 aliphatic heterocycles. The van der Waals surface area contributed by atoms with Gasteiger partial charge in [0.1, 0.15) is 5.75 Å². The molecular weight excluding hydrogens is 324 g/mol. The van der Waals surface area contributed by atoms with Gasteiger partial charge in [0.15, 0.2) is 0 Å². The summed E-state index contributed by atoms with van der Waals surface area (Å²) in [7, 11) is 1.67. The van der Waals surface area contributed by atoms with E-state index >= 15 is 0 Å². The Kier molecular flexibility index (Phi) is 4.89. The van der Waals surface area contributed by atoms with Crippen LogP contribution >= 0.6 is 27.5 Å². The largest absolute Gasteiger partial charge is 0.497 e. The van der Waals surface area contributed by atoms with Crippen molar-refractivity contribution >= 4 is 27.5 Å². The lowest BCUT2D eigenvalue weighted by Gasteiger charge is -2.14. The lowest BCUT2D eigenvalue weighted by molar-refractivity contribution is 0.414. The molecular formula is C16H16BrClO. The van der Waals surface area contributed by atoms with Gasteiger partial charge in [0, 0.05) is 4.47 Å². The van der Waals surface area contributed by atoms with Crippen molar-refractivity contribution in [3.05, 3.63) is 63.6 Å². The van der Waals surface area contributed by atoms with Crippen LogP contribution in [0, 0.1) is 6.92 Å². The number of benzene rings is 2. The highest BCUT2D eigenvalue weighted by Gasteiger charge is 2.12. The number of hydrogen-bond acceptors (Lipinski definition) is 1. The molecule has 0 aliphatic carbocycles. The summed E-state index contributed by atoms with van der Waals surface area (Å²) in [5, 5.41) is -0.0223. The van der Waals surface area contributed by atoms with Crippen LogP contribution in [0.25, 0.3) is 0 Å². The minimum Gasteiger partial charge on any atom is -0.497 e. The summed E-state index contributed by atoms with van der Waals surface area (Å²) < 4.78 is 6.26. The third-order valence-electron chi connectivity index (χ3n) is 3.22. The van der Waals surface area contributed by atoms with Gasteiger partial charge in [-0.25, -0.2) is 0 Å². The molecule has 0 radical (unpaired) electrons. The molecule has 0 aromatic heterocycles. The van der Waals surface area contributed by atoms with Crippen LogP contribution in [-0.4, -0.2) is 7.11 Å². The van der Waals surface area contributed by atoms with Crippen LogP contribution in [0.5, 0.6) is 5.75 Å². The van der Waals surface area contributed by atoms with Crippen LogP contribution in [0.3, 0.4) is 0 Å². The number of alkyl halides is 1. The van der Waals surface area contributed by atoms with Crippen molar-refractivity contribution in [1.29, 1.82) is 0 Å². The monoisotopic (exact) mass is 338 g/mol. The molecule has 0 saturated heterocycles. The smallest absolute Gasteiger partial charge is 0.118 e. The van der Waals surface area contributed by atoms with E-state index < -0.39 is 0 Å². The van der Waals surface area contributed by atoms with Gasteiger partial charge in [0.2, 0.25) is 0 Å². The van der Waals surface area contributed by atoms with E-state index in [1.165, 1.54) is 16.7 Å². The number of hydrogen-bond donors (Lipinski definition) is 0. The maximum absolute atomic E-state index is 6.54. The van der Waals surface area contributed by atoms with Gasteiger partial charge >= 0.3 is 0 Å². The van der Waals surface area contributed by atoms with Crippen molar-refractivity contribution in [1.82, 2.24) is 0 Å². The van der Waals surface area contributed by atoms with Gasteiger partial charge in [-0.2, -0.15) is 0 Å². The second kappa shape index (κ2) is 6.44. The van der Waals surface area contributed by atoms with Crippen LogP contribution in [0.15, 0.2) is 46.9 Å². The van der Waals surface area contributed by atoms with Gasteiger partial charge in [-0.3, -0.25) is 0 Å². The molecule has 0 saturated carbocycles. The molecule has 100 valence electrons. The Balaban J connectivity index is 2.15. The van der Waals surface area contributed by atoms with Gasteiger partial charge in [0.05, 0.1) is 12.5 Å². The molecule has 19 heavy (non-hydrogen) atoms. The molecule has 2 rings (SSSR count). The molecule has 0 N–H and O–H groups in total. The first kappa shape index (κ1) is 14.4. The normalized spacial score (nSPS) is 12.2. The summed E-state index contributed by atoms with van der Waals surface area (Å²) in [5.74, 6) is 0.869. The van der Waals surface area contributed by atoms with E-state index in [1.54, 1.807) is 7.11 Å². The first-order chi connectivity index (χ1) is 9.11. The maximum atomic E-state index is 6.54. The van der Waals surface area contributed by atoms with Gasteiger partial charge in [-0.1, -0.05) is 40.2 Å². The Morgan fingerprint density at radius 3 is 2.47 bits per heavy atom. The topological polar surface area (TPSA) is 9.23 Å². The average Bonchev–Trinajstić information content (AvgIpc) is 2.42. The Hall–Kier alpha value is -0.990. The van der Waals surface area contributed by atoms with E-state index in [4.69, 9.17) is 16.3 Å². The number of ether oxygens (including phenoxy) is 1. The molecule has 3 heteroatoms. The standard InChI is InChI=1S/C16H16BrClO/c1-11-14(4-3-5-15(11)17)16(18)10-12-6-8-13(19-2)9-7-12/h3-9,16H,10H2,1-2H3. The third-order valence-corrected chi connectivity index (χ3v) is 4.47. The zero-order valence-corrected chi connectivity index (χ0v) is 13.3. The van der Waals surface area contributed by atoms with Gasteiger partial charge in [-0.15, -0.1) is 11.6 Å². The van der Waals surface area contributed by atoms with E-state index in [-0.39, 0.29) is 5.38 Å². The fraction of sp³-hybridized carbons (Fsp3) is 0.250. The predicted molar refractivity (Wildman–Crippen MR) is 84.2 cm³/mol. The van der Waals surface area contributed by atoms with Crippen molar-refractivity contribution in [2.75, 3.05) is 7.11 Å². The summed E-state index contributed by atoms with van der Waals surface area (Å²) in [6.45, 7) is 2.09. The number of rotatable bonds is 4. The van der Waals surface area contributed by atoms with Gasteiger partial charge in [0.25, 0.3) is 0 Å². The summed E-state index contributed by atoms with van der Waals surface area (Å²) in [4.78, 5) is 0.